The molecule has 0 fully saturated rings. The number of ether oxygens (including phenoxy) is 1. The summed E-state index contributed by atoms with van der Waals surface area (Å²) in [5, 5.41) is 11.7. The Balaban J connectivity index is 1.47. The van der Waals surface area contributed by atoms with E-state index in [4.69, 9.17) is 9.84 Å². The van der Waals surface area contributed by atoms with Gasteiger partial charge in [-0.3, -0.25) is 9.59 Å². The number of nitrogens with zero attached hydrogens (tertiary/aromatic N) is 1. The highest BCUT2D eigenvalue weighted by Crippen LogP contribution is 2.44. The zero-order valence-corrected chi connectivity index (χ0v) is 18.7. The third-order valence-corrected chi connectivity index (χ3v) is 5.86. The van der Waals surface area contributed by atoms with Gasteiger partial charge in [0.05, 0.1) is 5.92 Å². The summed E-state index contributed by atoms with van der Waals surface area (Å²) >= 11 is 0. The number of alkyl carbamates (subject to hydrolysis) is 1. The number of benzene rings is 2. The van der Waals surface area contributed by atoms with Crippen LogP contribution in [0.15, 0.2) is 48.5 Å². The van der Waals surface area contributed by atoms with Crippen LogP contribution < -0.4 is 5.32 Å². The molecule has 2 N–H and O–H groups in total. The van der Waals surface area contributed by atoms with Crippen molar-refractivity contribution in [3.8, 4) is 11.1 Å². The molecule has 7 heteroatoms. The molecule has 0 radical (unpaired) electrons. The standard InChI is InChI=1S/C25H30N2O5/c1-16(12-23(28)27(3)14-17(2)24(29)30)13-26-25(31)32-15-22-20-10-6-4-8-18(20)19-9-5-7-11-21(19)22/h4-11,16-17,22H,12-15H2,1-3H3,(H,26,31)(H,29,30). The van der Waals surface area contributed by atoms with Gasteiger partial charge in [-0.25, -0.2) is 4.79 Å². The number of carbonyl (C=O) groups is 3. The monoisotopic (exact) mass is 438 g/mol. The van der Waals surface area contributed by atoms with Gasteiger partial charge in [0, 0.05) is 32.5 Å². The molecule has 2 amide bonds. The molecule has 2 atom stereocenters. The van der Waals surface area contributed by atoms with E-state index in [0.29, 0.717) is 6.54 Å². The molecule has 0 spiro atoms. The van der Waals surface area contributed by atoms with Gasteiger partial charge in [-0.15, -0.1) is 0 Å². The van der Waals surface area contributed by atoms with Crippen molar-refractivity contribution >= 4 is 18.0 Å². The Morgan fingerprint density at radius 3 is 2.16 bits per heavy atom. The van der Waals surface area contributed by atoms with Gasteiger partial charge in [-0.2, -0.15) is 0 Å². The molecule has 32 heavy (non-hydrogen) atoms. The molecule has 7 nitrogen and oxygen atoms in total. The number of hydrogen-bond acceptors (Lipinski definition) is 4. The second-order valence-electron chi connectivity index (χ2n) is 8.53. The lowest BCUT2D eigenvalue weighted by Gasteiger charge is -2.21. The fourth-order valence-electron chi connectivity index (χ4n) is 4.02. The molecule has 0 saturated heterocycles. The predicted octanol–water partition coefficient (Wildman–Crippen LogP) is 3.73. The van der Waals surface area contributed by atoms with Crippen molar-refractivity contribution in [2.75, 3.05) is 26.7 Å². The predicted molar refractivity (Wildman–Crippen MR) is 121 cm³/mol. The average molecular weight is 439 g/mol. The van der Waals surface area contributed by atoms with Crippen molar-refractivity contribution in [3.63, 3.8) is 0 Å². The van der Waals surface area contributed by atoms with Gasteiger partial charge in [0.25, 0.3) is 0 Å². The van der Waals surface area contributed by atoms with Crippen LogP contribution in [0.25, 0.3) is 11.1 Å². The number of aliphatic carboxylic acids is 1. The van der Waals surface area contributed by atoms with Crippen LogP contribution in [0.3, 0.4) is 0 Å². The van der Waals surface area contributed by atoms with E-state index in [1.165, 1.54) is 16.0 Å². The van der Waals surface area contributed by atoms with Gasteiger partial charge in [0.15, 0.2) is 0 Å². The maximum atomic E-state index is 12.3. The highest BCUT2D eigenvalue weighted by atomic mass is 16.5. The van der Waals surface area contributed by atoms with Crippen LogP contribution in [0, 0.1) is 11.8 Å². The number of carboxylic acid groups (broad SMARTS) is 1. The summed E-state index contributed by atoms with van der Waals surface area (Å²) < 4.78 is 5.51. The molecule has 2 aromatic rings. The minimum absolute atomic E-state index is 0.00275. The lowest BCUT2D eigenvalue weighted by molar-refractivity contribution is -0.142. The van der Waals surface area contributed by atoms with E-state index in [1.54, 1.807) is 14.0 Å². The van der Waals surface area contributed by atoms with Crippen LogP contribution in [0.1, 0.15) is 37.3 Å². The van der Waals surface area contributed by atoms with E-state index in [9.17, 15) is 14.4 Å². The van der Waals surface area contributed by atoms with E-state index in [2.05, 4.69) is 29.6 Å². The third kappa shape index (κ3) is 5.46. The Bertz CT molecular complexity index is 944. The fourth-order valence-corrected chi connectivity index (χ4v) is 4.02. The normalized spacial score (nSPS) is 14.1. The molecule has 170 valence electrons. The minimum atomic E-state index is -0.936. The van der Waals surface area contributed by atoms with Gasteiger partial charge in [0.2, 0.25) is 5.91 Å². The lowest BCUT2D eigenvalue weighted by Crippen LogP contribution is -2.36. The summed E-state index contributed by atoms with van der Waals surface area (Å²) in [6.45, 7) is 4.11. The first-order valence-electron chi connectivity index (χ1n) is 10.8. The van der Waals surface area contributed by atoms with Crippen molar-refractivity contribution in [1.82, 2.24) is 10.2 Å². The molecule has 0 bridgehead atoms. The van der Waals surface area contributed by atoms with Crippen molar-refractivity contribution in [1.29, 1.82) is 0 Å². The number of rotatable bonds is 9. The molecule has 0 saturated carbocycles. The zero-order chi connectivity index (χ0) is 23.3. The van der Waals surface area contributed by atoms with Crippen molar-refractivity contribution in [3.05, 3.63) is 59.7 Å². The number of amides is 2. The Kier molecular flexibility index (Phi) is 7.51. The van der Waals surface area contributed by atoms with Gasteiger partial charge in [0.1, 0.15) is 6.61 Å². The Morgan fingerprint density at radius 1 is 1.03 bits per heavy atom. The fraction of sp³-hybridized carbons (Fsp3) is 0.400. The van der Waals surface area contributed by atoms with Crippen LogP contribution >= 0.6 is 0 Å². The van der Waals surface area contributed by atoms with Crippen molar-refractivity contribution < 1.29 is 24.2 Å². The first-order chi connectivity index (χ1) is 15.3. The topological polar surface area (TPSA) is 95.9 Å². The number of fused-ring (bicyclic) bond motifs is 3. The highest BCUT2D eigenvalue weighted by molar-refractivity contribution is 5.79. The molecule has 1 aliphatic carbocycles. The van der Waals surface area contributed by atoms with Crippen LogP contribution in [0.5, 0.6) is 0 Å². The summed E-state index contributed by atoms with van der Waals surface area (Å²) in [4.78, 5) is 36.9. The highest BCUT2D eigenvalue weighted by Gasteiger charge is 2.29. The first-order valence-corrected chi connectivity index (χ1v) is 10.8. The van der Waals surface area contributed by atoms with Gasteiger partial charge in [-0.1, -0.05) is 62.4 Å². The van der Waals surface area contributed by atoms with Gasteiger partial charge >= 0.3 is 12.1 Å². The first kappa shape index (κ1) is 23.3. The zero-order valence-electron chi connectivity index (χ0n) is 18.7. The third-order valence-electron chi connectivity index (χ3n) is 5.86. The van der Waals surface area contributed by atoms with Crippen LogP contribution in [0.4, 0.5) is 4.79 Å². The van der Waals surface area contributed by atoms with E-state index < -0.39 is 18.0 Å². The Hall–Kier alpha value is -3.35. The second kappa shape index (κ2) is 10.3. The summed E-state index contributed by atoms with van der Waals surface area (Å²) in [5.74, 6) is -1.82. The van der Waals surface area contributed by atoms with E-state index in [-0.39, 0.29) is 37.3 Å². The lowest BCUT2D eigenvalue weighted by atomic mass is 9.98. The number of carboxylic acids is 1. The maximum Gasteiger partial charge on any atom is 0.407 e. The molecule has 1 aliphatic rings. The molecular formula is C25H30N2O5. The summed E-state index contributed by atoms with van der Waals surface area (Å²) in [7, 11) is 1.59. The summed E-state index contributed by atoms with van der Waals surface area (Å²) in [6.07, 6.45) is -0.300. The Morgan fingerprint density at radius 2 is 1.59 bits per heavy atom. The van der Waals surface area contributed by atoms with E-state index in [0.717, 1.165) is 11.1 Å². The second-order valence-corrected chi connectivity index (χ2v) is 8.53. The molecule has 0 aromatic heterocycles. The molecule has 2 aromatic carbocycles. The summed E-state index contributed by atoms with van der Waals surface area (Å²) in [6, 6.07) is 16.3. The Labute approximate surface area is 188 Å². The van der Waals surface area contributed by atoms with E-state index in [1.807, 2.05) is 31.2 Å². The van der Waals surface area contributed by atoms with Crippen LogP contribution in [-0.4, -0.2) is 54.7 Å². The maximum absolute atomic E-state index is 12.3. The largest absolute Gasteiger partial charge is 0.481 e. The van der Waals surface area contributed by atoms with Crippen LogP contribution in [-0.2, 0) is 14.3 Å². The average Bonchev–Trinajstić information content (AvgIpc) is 3.09. The van der Waals surface area contributed by atoms with Gasteiger partial charge < -0.3 is 20.1 Å². The smallest absolute Gasteiger partial charge is 0.407 e. The summed E-state index contributed by atoms with van der Waals surface area (Å²) in [5.41, 5.74) is 4.65. The molecule has 3 rings (SSSR count). The number of carbonyl (C=O) groups excluding carboxylic acids is 2. The SMILES string of the molecule is CC(CNC(=O)OCC1c2ccccc2-c2ccccc21)CC(=O)N(C)CC(C)C(=O)O. The number of hydrogen-bond donors (Lipinski definition) is 2. The number of nitrogens with one attached hydrogen (secondary N) is 1. The van der Waals surface area contributed by atoms with Crippen molar-refractivity contribution in [2.45, 2.75) is 26.2 Å². The van der Waals surface area contributed by atoms with E-state index >= 15 is 0 Å². The molecule has 0 heterocycles. The molecular weight excluding hydrogens is 408 g/mol. The van der Waals surface area contributed by atoms with Gasteiger partial charge in [-0.05, 0) is 28.2 Å². The molecule has 0 aliphatic heterocycles. The minimum Gasteiger partial charge on any atom is -0.481 e. The quantitative estimate of drug-likeness (QED) is 0.622. The molecule has 2 unspecified atom stereocenters. The van der Waals surface area contributed by atoms with Crippen molar-refractivity contribution in [2.24, 2.45) is 11.8 Å². The van der Waals surface area contributed by atoms with Crippen LogP contribution in [0.2, 0.25) is 0 Å².